The van der Waals surface area contributed by atoms with E-state index in [9.17, 15) is 0 Å². The van der Waals surface area contributed by atoms with Gasteiger partial charge in [-0.1, -0.05) is 35.9 Å². The monoisotopic (exact) mass is 365 g/mol. The number of benzene rings is 3. The highest BCUT2D eigenvalue weighted by molar-refractivity contribution is 7.80. The fraction of sp³-hybridized carbons (Fsp3) is 0.0952. The van der Waals surface area contributed by atoms with Crippen molar-refractivity contribution in [2.24, 2.45) is 0 Å². The lowest BCUT2D eigenvalue weighted by atomic mass is 9.92. The SMILES string of the molecule is CN1c2ccccc2Cc2c(C(=S)Oc3ccc(Cl)cc3)cccc21. The van der Waals surface area contributed by atoms with E-state index in [2.05, 4.69) is 42.3 Å². The molecule has 0 fully saturated rings. The number of hydrogen-bond donors (Lipinski definition) is 0. The molecule has 0 bridgehead atoms. The Morgan fingerprint density at radius 3 is 2.48 bits per heavy atom. The van der Waals surface area contributed by atoms with E-state index in [1.165, 1.54) is 22.5 Å². The minimum Gasteiger partial charge on any atom is -0.445 e. The van der Waals surface area contributed by atoms with Crippen LogP contribution in [0, 0.1) is 0 Å². The highest BCUT2D eigenvalue weighted by atomic mass is 35.5. The van der Waals surface area contributed by atoms with Gasteiger partial charge in [0.25, 0.3) is 0 Å². The number of nitrogens with zero attached hydrogens (tertiary/aromatic N) is 1. The summed E-state index contributed by atoms with van der Waals surface area (Å²) in [7, 11) is 2.09. The molecule has 0 aromatic heterocycles. The lowest BCUT2D eigenvalue weighted by molar-refractivity contribution is 0.566. The van der Waals surface area contributed by atoms with Crippen LogP contribution in [0.4, 0.5) is 11.4 Å². The van der Waals surface area contributed by atoms with Gasteiger partial charge in [0.1, 0.15) is 5.75 Å². The fourth-order valence-corrected chi connectivity index (χ4v) is 3.65. The molecule has 0 atom stereocenters. The minimum atomic E-state index is 0.479. The summed E-state index contributed by atoms with van der Waals surface area (Å²) in [6, 6.07) is 21.9. The molecule has 0 spiro atoms. The third-order valence-electron chi connectivity index (χ3n) is 4.48. The number of halogens is 1. The van der Waals surface area contributed by atoms with Gasteiger partial charge in [-0.15, -0.1) is 0 Å². The van der Waals surface area contributed by atoms with Crippen LogP contribution in [0.1, 0.15) is 16.7 Å². The van der Waals surface area contributed by atoms with Crippen molar-refractivity contribution in [3.63, 3.8) is 0 Å². The van der Waals surface area contributed by atoms with Gasteiger partial charge in [0.15, 0.2) is 5.05 Å². The van der Waals surface area contributed by atoms with Crippen LogP contribution in [0.15, 0.2) is 66.7 Å². The molecular weight excluding hydrogens is 350 g/mol. The van der Waals surface area contributed by atoms with E-state index in [1.54, 1.807) is 12.1 Å². The van der Waals surface area contributed by atoms with Crippen LogP contribution in [-0.2, 0) is 6.42 Å². The average molecular weight is 366 g/mol. The van der Waals surface area contributed by atoms with Gasteiger partial charge in [-0.05, 0) is 65.8 Å². The van der Waals surface area contributed by atoms with Crippen molar-refractivity contribution in [3.05, 3.63) is 88.4 Å². The molecule has 2 nitrogen and oxygen atoms in total. The maximum Gasteiger partial charge on any atom is 0.198 e. The van der Waals surface area contributed by atoms with E-state index in [0.29, 0.717) is 15.8 Å². The summed E-state index contributed by atoms with van der Waals surface area (Å²) < 4.78 is 5.90. The van der Waals surface area contributed by atoms with Crippen molar-refractivity contribution >= 4 is 40.2 Å². The van der Waals surface area contributed by atoms with Gasteiger partial charge < -0.3 is 9.64 Å². The van der Waals surface area contributed by atoms with Crippen LogP contribution in [-0.4, -0.2) is 12.1 Å². The van der Waals surface area contributed by atoms with Crippen LogP contribution in [0.2, 0.25) is 5.02 Å². The number of ether oxygens (including phenoxy) is 1. The Kier molecular flexibility index (Phi) is 4.20. The molecule has 4 heteroatoms. The predicted octanol–water partition coefficient (Wildman–Crippen LogP) is 5.77. The molecule has 1 aliphatic heterocycles. The lowest BCUT2D eigenvalue weighted by Crippen LogP contribution is -2.21. The molecule has 1 heterocycles. The van der Waals surface area contributed by atoms with Crippen molar-refractivity contribution < 1.29 is 4.74 Å². The van der Waals surface area contributed by atoms with Gasteiger partial charge in [0, 0.05) is 35.4 Å². The van der Waals surface area contributed by atoms with Crippen LogP contribution in [0.25, 0.3) is 0 Å². The molecular formula is C21H16ClNOS. The van der Waals surface area contributed by atoms with E-state index in [-0.39, 0.29) is 0 Å². The molecule has 124 valence electrons. The second-order valence-electron chi connectivity index (χ2n) is 6.01. The molecule has 0 amide bonds. The van der Waals surface area contributed by atoms with E-state index in [0.717, 1.165) is 12.0 Å². The first-order valence-corrected chi connectivity index (χ1v) is 8.83. The molecule has 3 aromatic carbocycles. The smallest absolute Gasteiger partial charge is 0.198 e. The highest BCUT2D eigenvalue weighted by Crippen LogP contribution is 2.39. The van der Waals surface area contributed by atoms with Gasteiger partial charge in [0.05, 0.1) is 0 Å². The zero-order valence-electron chi connectivity index (χ0n) is 13.7. The van der Waals surface area contributed by atoms with Crippen molar-refractivity contribution in [2.75, 3.05) is 11.9 Å². The number of anilines is 2. The molecule has 4 rings (SSSR count). The molecule has 0 saturated heterocycles. The predicted molar refractivity (Wildman–Crippen MR) is 108 cm³/mol. The first kappa shape index (κ1) is 16.1. The first-order chi connectivity index (χ1) is 12.1. The largest absolute Gasteiger partial charge is 0.445 e. The Morgan fingerprint density at radius 1 is 0.960 bits per heavy atom. The van der Waals surface area contributed by atoms with Gasteiger partial charge in [-0.2, -0.15) is 0 Å². The minimum absolute atomic E-state index is 0.479. The standard InChI is InChI=1S/C21H16ClNOS/c1-23-19-7-3-2-5-14(19)13-18-17(6-4-8-20(18)23)21(25)24-16-11-9-15(22)10-12-16/h2-12H,13H2,1H3. The molecule has 0 aliphatic carbocycles. The zero-order valence-corrected chi connectivity index (χ0v) is 15.3. The summed E-state index contributed by atoms with van der Waals surface area (Å²) in [5.41, 5.74) is 5.85. The van der Waals surface area contributed by atoms with Crippen molar-refractivity contribution in [1.82, 2.24) is 0 Å². The fourth-order valence-electron chi connectivity index (χ4n) is 3.24. The molecule has 0 saturated carbocycles. The second kappa shape index (κ2) is 6.51. The lowest BCUT2D eigenvalue weighted by Gasteiger charge is -2.31. The number of fused-ring (bicyclic) bond motifs is 2. The second-order valence-corrected chi connectivity index (χ2v) is 6.82. The third kappa shape index (κ3) is 3.01. The highest BCUT2D eigenvalue weighted by Gasteiger charge is 2.23. The molecule has 3 aromatic rings. The summed E-state index contributed by atoms with van der Waals surface area (Å²) in [4.78, 5) is 2.21. The Hall–Kier alpha value is -2.36. The Bertz CT molecular complexity index is 952. The van der Waals surface area contributed by atoms with Crippen LogP contribution < -0.4 is 9.64 Å². The Labute approximate surface area is 157 Å². The normalized spacial score (nSPS) is 12.3. The number of para-hydroxylation sites is 1. The molecule has 25 heavy (non-hydrogen) atoms. The number of thiocarbonyl (C=S) groups is 1. The van der Waals surface area contributed by atoms with E-state index >= 15 is 0 Å². The summed E-state index contributed by atoms with van der Waals surface area (Å²) in [6.07, 6.45) is 0.843. The molecule has 0 N–H and O–H groups in total. The van der Waals surface area contributed by atoms with Gasteiger partial charge in [-0.3, -0.25) is 0 Å². The summed E-state index contributed by atoms with van der Waals surface area (Å²) in [6.45, 7) is 0. The van der Waals surface area contributed by atoms with Crippen LogP contribution in [0.5, 0.6) is 5.75 Å². The molecule has 1 aliphatic rings. The molecule has 0 radical (unpaired) electrons. The van der Waals surface area contributed by atoms with Crippen molar-refractivity contribution in [2.45, 2.75) is 6.42 Å². The zero-order chi connectivity index (χ0) is 17.4. The quantitative estimate of drug-likeness (QED) is 0.535. The summed E-state index contributed by atoms with van der Waals surface area (Å²) >= 11 is 11.5. The number of rotatable bonds is 2. The van der Waals surface area contributed by atoms with Crippen LogP contribution >= 0.6 is 23.8 Å². The average Bonchev–Trinajstić information content (AvgIpc) is 2.63. The topological polar surface area (TPSA) is 12.5 Å². The van der Waals surface area contributed by atoms with Crippen molar-refractivity contribution in [1.29, 1.82) is 0 Å². The van der Waals surface area contributed by atoms with Gasteiger partial charge >= 0.3 is 0 Å². The maximum atomic E-state index is 5.93. The van der Waals surface area contributed by atoms with E-state index < -0.39 is 0 Å². The maximum absolute atomic E-state index is 5.93. The summed E-state index contributed by atoms with van der Waals surface area (Å²) in [5.74, 6) is 0.691. The Morgan fingerprint density at radius 2 is 1.68 bits per heavy atom. The third-order valence-corrected chi connectivity index (χ3v) is 5.03. The van der Waals surface area contributed by atoms with E-state index in [4.69, 9.17) is 28.6 Å². The van der Waals surface area contributed by atoms with Gasteiger partial charge in [-0.25, -0.2) is 0 Å². The van der Waals surface area contributed by atoms with Gasteiger partial charge in [0.2, 0.25) is 0 Å². The Balaban J connectivity index is 1.70. The van der Waals surface area contributed by atoms with Crippen molar-refractivity contribution in [3.8, 4) is 5.75 Å². The number of hydrogen-bond acceptors (Lipinski definition) is 3. The summed E-state index contributed by atoms with van der Waals surface area (Å²) in [5, 5.41) is 1.15. The van der Waals surface area contributed by atoms with E-state index in [1.807, 2.05) is 24.3 Å². The first-order valence-electron chi connectivity index (χ1n) is 8.05. The molecule has 0 unspecified atom stereocenters. The van der Waals surface area contributed by atoms with Crippen LogP contribution in [0.3, 0.4) is 0 Å².